The third-order valence-corrected chi connectivity index (χ3v) is 5.22. The van der Waals surface area contributed by atoms with Crippen LogP contribution in [0.2, 0.25) is 0 Å². The van der Waals surface area contributed by atoms with Crippen molar-refractivity contribution in [2.24, 2.45) is 0 Å². The van der Waals surface area contributed by atoms with Crippen LogP contribution in [-0.4, -0.2) is 27.7 Å². The van der Waals surface area contributed by atoms with E-state index in [2.05, 4.69) is 57.5 Å². The Hall–Kier alpha value is -1.33. The molecule has 0 aliphatic carbocycles. The van der Waals surface area contributed by atoms with Crippen LogP contribution in [0.3, 0.4) is 0 Å². The highest BCUT2D eigenvalue weighted by Crippen LogP contribution is 2.34. The van der Waals surface area contributed by atoms with Crippen LogP contribution in [0.5, 0.6) is 0 Å². The van der Waals surface area contributed by atoms with E-state index in [4.69, 9.17) is 12.2 Å². The molecule has 0 radical (unpaired) electrons. The van der Waals surface area contributed by atoms with E-state index in [0.717, 1.165) is 31.2 Å². The fourth-order valence-electron chi connectivity index (χ4n) is 2.82. The zero-order chi connectivity index (χ0) is 14.7. The normalized spacial score (nSPS) is 17.6. The fourth-order valence-corrected chi connectivity index (χ4v) is 3.97. The Balaban J connectivity index is 1.84. The third-order valence-electron chi connectivity index (χ3n) is 3.92. The Labute approximate surface area is 135 Å². The number of unbranched alkanes of at least 4 members (excludes halogenated alkanes) is 1. The number of rotatable bonds is 4. The van der Waals surface area contributed by atoms with Crippen molar-refractivity contribution < 1.29 is 0 Å². The van der Waals surface area contributed by atoms with Gasteiger partial charge in [0.2, 0.25) is 0 Å². The summed E-state index contributed by atoms with van der Waals surface area (Å²) in [7, 11) is 0. The molecule has 1 atom stereocenters. The molecule has 2 aromatic rings. The first-order chi connectivity index (χ1) is 10.3. The van der Waals surface area contributed by atoms with Gasteiger partial charge in [0.15, 0.2) is 5.11 Å². The van der Waals surface area contributed by atoms with E-state index < -0.39 is 0 Å². The summed E-state index contributed by atoms with van der Waals surface area (Å²) in [4.78, 5) is 3.70. The van der Waals surface area contributed by atoms with E-state index >= 15 is 0 Å². The second-order valence-corrected chi connectivity index (χ2v) is 6.69. The van der Waals surface area contributed by atoms with Gasteiger partial charge in [0.1, 0.15) is 6.04 Å². The number of nitrogens with one attached hydrogen (secondary N) is 1. The summed E-state index contributed by atoms with van der Waals surface area (Å²) in [5.74, 6) is 0. The summed E-state index contributed by atoms with van der Waals surface area (Å²) in [6, 6.07) is 8.92. The summed E-state index contributed by atoms with van der Waals surface area (Å²) in [6.45, 7) is 5.12. The molecule has 0 amide bonds. The van der Waals surface area contributed by atoms with Gasteiger partial charge in [0.05, 0.1) is 0 Å². The highest BCUT2D eigenvalue weighted by atomic mass is 32.1. The number of fused-ring (bicyclic) bond motifs is 1. The largest absolute Gasteiger partial charge is 0.363 e. The van der Waals surface area contributed by atoms with Crippen LogP contribution in [0.4, 0.5) is 0 Å². The first kappa shape index (κ1) is 14.6. The van der Waals surface area contributed by atoms with Crippen LogP contribution in [-0.2, 0) is 6.54 Å². The Kier molecular flexibility index (Phi) is 4.60. The van der Waals surface area contributed by atoms with Crippen molar-refractivity contribution in [3.63, 3.8) is 0 Å². The molecule has 0 saturated carbocycles. The minimum Gasteiger partial charge on any atom is -0.363 e. The van der Waals surface area contributed by atoms with Gasteiger partial charge in [-0.1, -0.05) is 19.4 Å². The van der Waals surface area contributed by atoms with Crippen molar-refractivity contribution >= 4 is 28.7 Å². The van der Waals surface area contributed by atoms with Gasteiger partial charge in [0.25, 0.3) is 0 Å². The van der Waals surface area contributed by atoms with Gasteiger partial charge in [-0.25, -0.2) is 0 Å². The van der Waals surface area contributed by atoms with Crippen LogP contribution < -0.4 is 5.32 Å². The van der Waals surface area contributed by atoms with Gasteiger partial charge in [-0.05, 0) is 42.2 Å². The molecule has 5 heteroatoms. The molecule has 0 unspecified atom stereocenters. The minimum absolute atomic E-state index is 0.246. The molecule has 1 N–H and O–H groups in total. The number of nitrogens with zero attached hydrogens (tertiary/aromatic N) is 2. The van der Waals surface area contributed by atoms with Crippen LogP contribution >= 0.6 is 23.6 Å². The molecule has 0 saturated heterocycles. The molecule has 2 aromatic heterocycles. The number of hydrogen-bond acceptors (Lipinski definition) is 2. The van der Waals surface area contributed by atoms with E-state index in [0.29, 0.717) is 0 Å². The topological polar surface area (TPSA) is 20.2 Å². The van der Waals surface area contributed by atoms with E-state index in [-0.39, 0.29) is 6.04 Å². The lowest BCUT2D eigenvalue weighted by molar-refractivity contribution is 0.289. The standard InChI is InChI=1S/C16H21N3S2/c1-2-3-8-17-16(20)19-11-10-18-9-4-6-13(18)15(19)14-7-5-12-21-14/h4-7,9,12,15H,2-3,8,10-11H2,1H3,(H,17,20)/t15-/m0/s1. The molecule has 3 nitrogen and oxygen atoms in total. The molecular weight excluding hydrogens is 298 g/mol. The number of thiocarbonyl (C=S) groups is 1. The maximum Gasteiger partial charge on any atom is 0.169 e. The van der Waals surface area contributed by atoms with Crippen LogP contribution in [0, 0.1) is 0 Å². The van der Waals surface area contributed by atoms with Crippen molar-refractivity contribution in [1.29, 1.82) is 0 Å². The Morgan fingerprint density at radius 3 is 3.05 bits per heavy atom. The van der Waals surface area contributed by atoms with Gasteiger partial charge >= 0.3 is 0 Å². The highest BCUT2D eigenvalue weighted by Gasteiger charge is 2.30. The van der Waals surface area contributed by atoms with Crippen LogP contribution in [0.15, 0.2) is 35.8 Å². The fraction of sp³-hybridized carbons (Fsp3) is 0.438. The maximum atomic E-state index is 5.65. The van der Waals surface area contributed by atoms with Gasteiger partial charge in [0, 0.05) is 36.4 Å². The zero-order valence-corrected chi connectivity index (χ0v) is 13.9. The Bertz CT molecular complexity index is 588. The monoisotopic (exact) mass is 319 g/mol. The zero-order valence-electron chi connectivity index (χ0n) is 12.3. The molecule has 3 heterocycles. The predicted molar refractivity (Wildman–Crippen MR) is 92.8 cm³/mol. The van der Waals surface area contributed by atoms with Gasteiger partial charge in [-0.15, -0.1) is 11.3 Å². The number of hydrogen-bond donors (Lipinski definition) is 1. The molecular formula is C16H21N3S2. The summed E-state index contributed by atoms with van der Waals surface area (Å²) in [5, 5.41) is 6.45. The third kappa shape index (κ3) is 2.99. The van der Waals surface area contributed by atoms with E-state index in [1.165, 1.54) is 17.0 Å². The average molecular weight is 319 g/mol. The quantitative estimate of drug-likeness (QED) is 0.686. The molecule has 21 heavy (non-hydrogen) atoms. The molecule has 112 valence electrons. The number of thiophene rings is 1. The van der Waals surface area contributed by atoms with E-state index in [1.807, 2.05) is 0 Å². The lowest BCUT2D eigenvalue weighted by Crippen LogP contribution is -2.47. The first-order valence-electron chi connectivity index (χ1n) is 7.54. The second-order valence-electron chi connectivity index (χ2n) is 5.32. The second kappa shape index (κ2) is 6.62. The Morgan fingerprint density at radius 2 is 2.29 bits per heavy atom. The van der Waals surface area contributed by atoms with Crippen LogP contribution in [0.1, 0.15) is 36.4 Å². The molecule has 0 bridgehead atoms. The smallest absolute Gasteiger partial charge is 0.169 e. The molecule has 1 aliphatic heterocycles. The number of aromatic nitrogens is 1. The first-order valence-corrected chi connectivity index (χ1v) is 8.83. The summed E-state index contributed by atoms with van der Waals surface area (Å²) < 4.78 is 2.34. The van der Waals surface area contributed by atoms with Crippen molar-refractivity contribution in [3.8, 4) is 0 Å². The maximum absolute atomic E-state index is 5.65. The predicted octanol–water partition coefficient (Wildman–Crippen LogP) is 3.63. The molecule has 1 aliphatic rings. The lowest BCUT2D eigenvalue weighted by atomic mass is 10.1. The van der Waals surface area contributed by atoms with Crippen molar-refractivity contribution in [3.05, 3.63) is 46.4 Å². The molecule has 0 fully saturated rings. The van der Waals surface area contributed by atoms with E-state index in [9.17, 15) is 0 Å². The summed E-state index contributed by atoms with van der Waals surface area (Å²) in [5.41, 5.74) is 1.34. The van der Waals surface area contributed by atoms with Gasteiger partial charge in [-0.2, -0.15) is 0 Å². The molecule has 0 spiro atoms. The average Bonchev–Trinajstić information content (AvgIpc) is 3.17. The van der Waals surface area contributed by atoms with Gasteiger partial charge < -0.3 is 14.8 Å². The summed E-state index contributed by atoms with van der Waals surface area (Å²) >= 11 is 7.46. The van der Waals surface area contributed by atoms with E-state index in [1.54, 1.807) is 11.3 Å². The summed E-state index contributed by atoms with van der Waals surface area (Å²) in [6.07, 6.45) is 4.52. The van der Waals surface area contributed by atoms with Crippen molar-refractivity contribution in [1.82, 2.24) is 14.8 Å². The highest BCUT2D eigenvalue weighted by molar-refractivity contribution is 7.80. The lowest BCUT2D eigenvalue weighted by Gasteiger charge is -2.38. The molecule has 0 aromatic carbocycles. The van der Waals surface area contributed by atoms with Gasteiger partial charge in [-0.3, -0.25) is 0 Å². The van der Waals surface area contributed by atoms with Crippen molar-refractivity contribution in [2.75, 3.05) is 13.1 Å². The minimum atomic E-state index is 0.246. The SMILES string of the molecule is CCCCNC(=S)N1CCn2cccc2[C@H]1c1cccs1. The van der Waals surface area contributed by atoms with Crippen molar-refractivity contribution in [2.45, 2.75) is 32.4 Å². The van der Waals surface area contributed by atoms with Crippen LogP contribution in [0.25, 0.3) is 0 Å². The Morgan fingerprint density at radius 1 is 1.38 bits per heavy atom. The molecule has 3 rings (SSSR count).